The lowest BCUT2D eigenvalue weighted by molar-refractivity contribution is 0.0946. The number of carbonyl (C=O) groups excluding carboxylic acids is 1. The number of rotatable bonds is 4. The van der Waals surface area contributed by atoms with Gasteiger partial charge in [0.15, 0.2) is 11.5 Å². The number of hydrogen-bond donors (Lipinski definition) is 3. The van der Waals surface area contributed by atoms with E-state index in [0.29, 0.717) is 14.5 Å². The van der Waals surface area contributed by atoms with E-state index in [2.05, 4.69) is 57.3 Å². The first-order valence-electron chi connectivity index (χ1n) is 5.62. The molecule has 22 heavy (non-hydrogen) atoms. The molecule has 2 rings (SSSR count). The highest BCUT2D eigenvalue weighted by atomic mass is 79.9. The van der Waals surface area contributed by atoms with Gasteiger partial charge in [-0.15, -0.1) is 0 Å². The number of ether oxygens (including phenoxy) is 1. The summed E-state index contributed by atoms with van der Waals surface area (Å²) in [6, 6.07) is 1.53. The number of nitrogens with two attached hydrogens (primary N) is 1. The van der Waals surface area contributed by atoms with Crippen molar-refractivity contribution in [2.24, 2.45) is 5.10 Å². The predicted octanol–water partition coefficient (Wildman–Crippen LogP) is 1.65. The molecule has 1 aromatic heterocycles. The molecule has 0 saturated carbocycles. The van der Waals surface area contributed by atoms with Crippen molar-refractivity contribution in [2.45, 2.75) is 0 Å². The Morgan fingerprint density at radius 2 is 2.23 bits per heavy atom. The summed E-state index contributed by atoms with van der Waals surface area (Å²) in [4.78, 5) is 11.7. The summed E-state index contributed by atoms with van der Waals surface area (Å²) in [6.45, 7) is 0. The van der Waals surface area contributed by atoms with Crippen LogP contribution < -0.4 is 15.9 Å². The molecule has 0 fully saturated rings. The van der Waals surface area contributed by atoms with E-state index in [1.807, 2.05) is 0 Å². The summed E-state index contributed by atoms with van der Waals surface area (Å²) >= 11 is 6.50. The maximum absolute atomic E-state index is 11.7. The normalized spacial score (nSPS) is 10.9. The maximum Gasteiger partial charge on any atom is 0.297 e. The fourth-order valence-corrected chi connectivity index (χ4v) is 2.26. The van der Waals surface area contributed by atoms with Gasteiger partial charge < -0.3 is 15.6 Å². The molecule has 116 valence electrons. The largest absolute Gasteiger partial charge is 0.503 e. The molecule has 0 saturated heterocycles. The van der Waals surface area contributed by atoms with E-state index < -0.39 is 5.91 Å². The van der Waals surface area contributed by atoms with Crippen molar-refractivity contribution in [1.29, 1.82) is 0 Å². The Balaban J connectivity index is 2.19. The van der Waals surface area contributed by atoms with Crippen molar-refractivity contribution >= 4 is 49.8 Å². The number of hydrazone groups is 1. The van der Waals surface area contributed by atoms with Crippen molar-refractivity contribution in [3.05, 3.63) is 26.3 Å². The van der Waals surface area contributed by atoms with Gasteiger partial charge in [0, 0.05) is 10.0 Å². The Labute approximate surface area is 140 Å². The highest BCUT2D eigenvalue weighted by molar-refractivity contribution is 9.13. The second-order valence-corrected chi connectivity index (χ2v) is 5.43. The third-order valence-electron chi connectivity index (χ3n) is 2.49. The molecule has 4 N–H and O–H groups in total. The van der Waals surface area contributed by atoms with E-state index in [0.717, 1.165) is 0 Å². The van der Waals surface area contributed by atoms with Gasteiger partial charge in [0.1, 0.15) is 0 Å². The number of nitrogen functional groups attached to an aromatic ring is 1. The number of methoxy groups -OCH3 is 1. The summed E-state index contributed by atoms with van der Waals surface area (Å²) < 4.78 is 10.3. The van der Waals surface area contributed by atoms with Gasteiger partial charge in [-0.05, 0) is 48.2 Å². The van der Waals surface area contributed by atoms with Crippen LogP contribution in [-0.2, 0) is 0 Å². The molecular weight excluding hydrogens is 426 g/mol. The van der Waals surface area contributed by atoms with Gasteiger partial charge in [0.2, 0.25) is 11.5 Å². The van der Waals surface area contributed by atoms with E-state index >= 15 is 0 Å². The number of phenols is 1. The van der Waals surface area contributed by atoms with Crippen molar-refractivity contribution in [3.63, 3.8) is 0 Å². The molecule has 1 aromatic carbocycles. The lowest BCUT2D eigenvalue weighted by Gasteiger charge is -2.09. The number of benzene rings is 1. The number of hydrogen-bond acceptors (Lipinski definition) is 8. The van der Waals surface area contributed by atoms with Crippen LogP contribution in [0.1, 0.15) is 16.1 Å². The van der Waals surface area contributed by atoms with Gasteiger partial charge in [-0.25, -0.2) is 10.1 Å². The van der Waals surface area contributed by atoms with E-state index in [9.17, 15) is 9.90 Å². The van der Waals surface area contributed by atoms with Crippen molar-refractivity contribution in [2.75, 3.05) is 12.8 Å². The number of nitrogens with one attached hydrogen (secondary N) is 1. The minimum absolute atomic E-state index is 0.0583. The molecule has 0 aliphatic heterocycles. The summed E-state index contributed by atoms with van der Waals surface area (Å²) in [5.41, 5.74) is 7.99. The van der Waals surface area contributed by atoms with Crippen molar-refractivity contribution in [1.82, 2.24) is 15.7 Å². The molecule has 9 nitrogen and oxygen atoms in total. The smallest absolute Gasteiger partial charge is 0.297 e. The predicted molar refractivity (Wildman–Crippen MR) is 83.8 cm³/mol. The third kappa shape index (κ3) is 3.20. The standard InChI is InChI=1S/C11H9Br2N5O4/c1-21-5-2-4(6(12)7(13)9(5)19)3-15-16-11(20)8-10(14)18-22-17-8/h2-3,19H,1H3,(H2,14,18)(H,16,20)/b15-3+. The number of carbonyl (C=O) groups is 1. The lowest BCUT2D eigenvalue weighted by Crippen LogP contribution is -2.19. The van der Waals surface area contributed by atoms with Gasteiger partial charge in [-0.2, -0.15) is 5.10 Å². The molecule has 0 unspecified atom stereocenters. The lowest BCUT2D eigenvalue weighted by atomic mass is 10.2. The molecular formula is C11H9Br2N5O4. The molecule has 0 atom stereocenters. The number of aromatic nitrogens is 2. The number of halogens is 2. The maximum atomic E-state index is 11.7. The third-order valence-corrected chi connectivity index (χ3v) is 4.65. The van der Waals surface area contributed by atoms with Crippen LogP contribution in [0.15, 0.2) is 24.7 Å². The molecule has 1 heterocycles. The molecule has 0 aliphatic rings. The highest BCUT2D eigenvalue weighted by Crippen LogP contribution is 2.41. The van der Waals surface area contributed by atoms with Crippen molar-refractivity contribution < 1.29 is 19.3 Å². The molecule has 0 spiro atoms. The quantitative estimate of drug-likeness (QED) is 0.491. The first-order valence-corrected chi connectivity index (χ1v) is 7.20. The molecule has 1 amide bonds. The summed E-state index contributed by atoms with van der Waals surface area (Å²) in [5.74, 6) is -0.622. The van der Waals surface area contributed by atoms with Crippen molar-refractivity contribution in [3.8, 4) is 11.5 Å². The zero-order chi connectivity index (χ0) is 16.3. The molecule has 0 bridgehead atoms. The number of anilines is 1. The minimum atomic E-state index is -0.670. The van der Waals surface area contributed by atoms with E-state index in [1.54, 1.807) is 0 Å². The molecule has 0 aliphatic carbocycles. The minimum Gasteiger partial charge on any atom is -0.503 e. The number of amides is 1. The van der Waals surface area contributed by atoms with Crippen LogP contribution >= 0.6 is 31.9 Å². The molecule has 11 heteroatoms. The zero-order valence-corrected chi connectivity index (χ0v) is 14.2. The Hall–Kier alpha value is -2.14. The van der Waals surface area contributed by atoms with Crippen LogP contribution in [0.25, 0.3) is 0 Å². The monoisotopic (exact) mass is 433 g/mol. The van der Waals surface area contributed by atoms with Gasteiger partial charge in [0.05, 0.1) is 17.8 Å². The average Bonchev–Trinajstić information content (AvgIpc) is 2.93. The zero-order valence-electron chi connectivity index (χ0n) is 11.0. The Morgan fingerprint density at radius 1 is 1.50 bits per heavy atom. The van der Waals surface area contributed by atoms with Crippen LogP contribution in [0.5, 0.6) is 11.5 Å². The molecule has 2 aromatic rings. The van der Waals surface area contributed by atoms with E-state index in [1.165, 1.54) is 19.4 Å². The Morgan fingerprint density at radius 3 is 2.82 bits per heavy atom. The first-order chi connectivity index (χ1) is 10.5. The van der Waals surface area contributed by atoms with Crippen LogP contribution in [0.2, 0.25) is 0 Å². The Bertz CT molecular complexity index is 746. The fraction of sp³-hybridized carbons (Fsp3) is 0.0909. The second-order valence-electron chi connectivity index (χ2n) is 3.84. The van der Waals surface area contributed by atoms with Crippen LogP contribution in [0, 0.1) is 0 Å². The second kappa shape index (κ2) is 6.75. The van der Waals surface area contributed by atoms with Crippen LogP contribution in [0.3, 0.4) is 0 Å². The van der Waals surface area contributed by atoms with E-state index in [-0.39, 0.29) is 23.0 Å². The number of nitrogens with zero attached hydrogens (tertiary/aromatic N) is 3. The fourth-order valence-electron chi connectivity index (χ4n) is 1.43. The summed E-state index contributed by atoms with van der Waals surface area (Å²) in [5, 5.41) is 20.2. The number of phenolic OH excluding ortho intramolecular Hbond substituents is 1. The first kappa shape index (κ1) is 16.2. The summed E-state index contributed by atoms with van der Waals surface area (Å²) in [7, 11) is 1.42. The number of aromatic hydroxyl groups is 1. The van der Waals surface area contributed by atoms with E-state index in [4.69, 9.17) is 10.5 Å². The SMILES string of the molecule is COc1cc(/C=N/NC(=O)c2nonc2N)c(Br)c(Br)c1O. The van der Waals surface area contributed by atoms with Gasteiger partial charge in [-0.1, -0.05) is 0 Å². The van der Waals surface area contributed by atoms with Gasteiger partial charge >= 0.3 is 0 Å². The topological polar surface area (TPSA) is 136 Å². The summed E-state index contributed by atoms with van der Waals surface area (Å²) in [6.07, 6.45) is 1.35. The van der Waals surface area contributed by atoms with Crippen LogP contribution in [0.4, 0.5) is 5.82 Å². The Kier molecular flexibility index (Phi) is 4.98. The van der Waals surface area contributed by atoms with Gasteiger partial charge in [0.25, 0.3) is 5.91 Å². The van der Waals surface area contributed by atoms with Gasteiger partial charge in [-0.3, -0.25) is 4.79 Å². The average molecular weight is 435 g/mol. The van der Waals surface area contributed by atoms with Crippen LogP contribution in [-0.4, -0.2) is 34.7 Å². The molecule has 0 radical (unpaired) electrons. The highest BCUT2D eigenvalue weighted by Gasteiger charge is 2.16.